The highest BCUT2D eigenvalue weighted by Gasteiger charge is 2.28. The number of amides is 2. The van der Waals surface area contributed by atoms with Gasteiger partial charge in [0.05, 0.1) is 5.02 Å². The van der Waals surface area contributed by atoms with Crippen LogP contribution in [0.1, 0.15) is 33.3 Å². The van der Waals surface area contributed by atoms with Crippen LogP contribution in [0.3, 0.4) is 0 Å². The summed E-state index contributed by atoms with van der Waals surface area (Å²) < 4.78 is 18.8. The Morgan fingerprint density at radius 1 is 1.13 bits per heavy atom. The number of carbonyl (C=O) groups excluding carboxylic acids is 2. The van der Waals surface area contributed by atoms with Crippen molar-refractivity contribution in [3.63, 3.8) is 0 Å². The molecule has 0 bridgehead atoms. The lowest BCUT2D eigenvalue weighted by Crippen LogP contribution is -2.53. The molecule has 30 heavy (non-hydrogen) atoms. The van der Waals surface area contributed by atoms with Crippen LogP contribution >= 0.6 is 23.2 Å². The number of hydrogen-bond acceptors (Lipinski definition) is 3. The van der Waals surface area contributed by atoms with Crippen molar-refractivity contribution in [1.29, 1.82) is 0 Å². The lowest BCUT2D eigenvalue weighted by Gasteiger charge is -2.31. The fourth-order valence-corrected chi connectivity index (χ4v) is 3.12. The monoisotopic (exact) mass is 454 g/mol. The van der Waals surface area contributed by atoms with Crippen LogP contribution in [0.4, 0.5) is 4.39 Å². The maximum atomic E-state index is 13.2. The maximum absolute atomic E-state index is 13.2. The van der Waals surface area contributed by atoms with Crippen molar-refractivity contribution in [2.75, 3.05) is 6.61 Å². The van der Waals surface area contributed by atoms with E-state index < -0.39 is 17.5 Å². The first kappa shape index (κ1) is 24.0. The summed E-state index contributed by atoms with van der Waals surface area (Å²) in [6.07, 6.45) is 0. The second-order valence-corrected chi connectivity index (χ2v) is 8.77. The second-order valence-electron chi connectivity index (χ2n) is 7.93. The Kier molecular flexibility index (Phi) is 8.10. The Morgan fingerprint density at radius 2 is 1.77 bits per heavy atom. The summed E-state index contributed by atoms with van der Waals surface area (Å²) in [5, 5.41) is 3.59. The first-order chi connectivity index (χ1) is 14.0. The summed E-state index contributed by atoms with van der Waals surface area (Å²) in [6, 6.07) is 9.66. The van der Waals surface area contributed by atoms with E-state index in [2.05, 4.69) is 5.32 Å². The third-order valence-corrected chi connectivity index (χ3v) is 4.71. The molecule has 0 aliphatic rings. The zero-order valence-electron chi connectivity index (χ0n) is 17.3. The van der Waals surface area contributed by atoms with Crippen molar-refractivity contribution >= 4 is 35.0 Å². The molecular weight excluding hydrogens is 430 g/mol. The first-order valence-corrected chi connectivity index (χ1v) is 10.2. The number of carbonyl (C=O) groups is 2. The van der Waals surface area contributed by atoms with Gasteiger partial charge in [-0.2, -0.15) is 0 Å². The maximum Gasteiger partial charge on any atom is 0.261 e. The second kappa shape index (κ2) is 10.1. The lowest BCUT2D eigenvalue weighted by atomic mass is 10.1. The van der Waals surface area contributed by atoms with E-state index in [1.54, 1.807) is 31.2 Å². The molecule has 2 aromatic rings. The predicted molar refractivity (Wildman–Crippen MR) is 116 cm³/mol. The summed E-state index contributed by atoms with van der Waals surface area (Å²) >= 11 is 12.0. The normalized spacial score (nSPS) is 12.2. The number of nitrogens with zero attached hydrogens (tertiary/aromatic N) is 1. The van der Waals surface area contributed by atoms with E-state index in [9.17, 15) is 14.0 Å². The molecule has 1 atom stereocenters. The molecule has 2 rings (SSSR count). The van der Waals surface area contributed by atoms with Gasteiger partial charge < -0.3 is 15.0 Å². The summed E-state index contributed by atoms with van der Waals surface area (Å²) in [4.78, 5) is 27.0. The fraction of sp³-hybridized carbons (Fsp3) is 0.364. The number of rotatable bonds is 7. The molecule has 0 spiro atoms. The van der Waals surface area contributed by atoms with Gasteiger partial charge in [0.15, 0.2) is 6.61 Å². The lowest BCUT2D eigenvalue weighted by molar-refractivity contribution is -0.142. The van der Waals surface area contributed by atoms with Crippen molar-refractivity contribution < 1.29 is 18.7 Å². The smallest absolute Gasteiger partial charge is 0.261 e. The Labute approximate surface area is 186 Å². The largest absolute Gasteiger partial charge is 0.482 e. The molecule has 0 aliphatic carbocycles. The highest BCUT2D eigenvalue weighted by atomic mass is 35.5. The molecule has 0 saturated carbocycles. The van der Waals surface area contributed by atoms with Gasteiger partial charge in [0.1, 0.15) is 17.6 Å². The number of ether oxygens (including phenoxy) is 1. The molecule has 2 amide bonds. The fourth-order valence-electron chi connectivity index (χ4n) is 2.66. The van der Waals surface area contributed by atoms with Crippen LogP contribution in [0.15, 0.2) is 42.5 Å². The molecule has 0 radical (unpaired) electrons. The Balaban J connectivity index is 2.18. The van der Waals surface area contributed by atoms with E-state index in [4.69, 9.17) is 27.9 Å². The standard InChI is InChI=1S/C22H25Cl2FN2O3/c1-14(21(29)26-22(2,3)4)27(12-15-5-8-17(25)9-6-15)20(28)13-30-19-10-7-16(23)11-18(19)24/h5-11,14H,12-13H2,1-4H3,(H,26,29)/t14-/m1/s1. The molecule has 0 aromatic heterocycles. The van der Waals surface area contributed by atoms with Crippen molar-refractivity contribution in [1.82, 2.24) is 10.2 Å². The van der Waals surface area contributed by atoms with E-state index >= 15 is 0 Å². The molecule has 1 N–H and O–H groups in total. The van der Waals surface area contributed by atoms with Crippen molar-refractivity contribution in [2.24, 2.45) is 0 Å². The number of nitrogens with one attached hydrogen (secondary N) is 1. The van der Waals surface area contributed by atoms with Crippen LogP contribution in [-0.4, -0.2) is 34.9 Å². The van der Waals surface area contributed by atoms with E-state index in [-0.39, 0.29) is 29.9 Å². The van der Waals surface area contributed by atoms with Gasteiger partial charge in [0, 0.05) is 17.1 Å². The molecular formula is C22H25Cl2FN2O3. The van der Waals surface area contributed by atoms with Gasteiger partial charge in [-0.3, -0.25) is 9.59 Å². The molecule has 162 valence electrons. The van der Waals surface area contributed by atoms with Crippen LogP contribution in [0.25, 0.3) is 0 Å². The highest BCUT2D eigenvalue weighted by molar-refractivity contribution is 6.35. The van der Waals surface area contributed by atoms with Gasteiger partial charge in [-0.1, -0.05) is 35.3 Å². The van der Waals surface area contributed by atoms with Crippen LogP contribution in [0.5, 0.6) is 5.75 Å². The Morgan fingerprint density at radius 3 is 2.33 bits per heavy atom. The molecule has 0 saturated heterocycles. The Hall–Kier alpha value is -2.31. The molecule has 5 nitrogen and oxygen atoms in total. The van der Waals surface area contributed by atoms with Crippen LogP contribution in [0, 0.1) is 5.82 Å². The number of hydrogen-bond donors (Lipinski definition) is 1. The predicted octanol–water partition coefficient (Wildman–Crippen LogP) is 4.84. The van der Waals surface area contributed by atoms with Gasteiger partial charge in [-0.25, -0.2) is 4.39 Å². The molecule has 2 aromatic carbocycles. The summed E-state index contributed by atoms with van der Waals surface area (Å²) in [7, 11) is 0. The van der Waals surface area contributed by atoms with Crippen molar-refractivity contribution in [3.8, 4) is 5.75 Å². The molecule has 0 unspecified atom stereocenters. The van der Waals surface area contributed by atoms with Crippen LogP contribution in [-0.2, 0) is 16.1 Å². The van der Waals surface area contributed by atoms with E-state index in [1.807, 2.05) is 20.8 Å². The van der Waals surface area contributed by atoms with Gasteiger partial charge in [0.25, 0.3) is 5.91 Å². The van der Waals surface area contributed by atoms with Crippen molar-refractivity contribution in [3.05, 3.63) is 63.9 Å². The van der Waals surface area contributed by atoms with E-state index in [0.717, 1.165) is 0 Å². The summed E-state index contributed by atoms with van der Waals surface area (Å²) in [5.74, 6) is -0.789. The average Bonchev–Trinajstić information content (AvgIpc) is 2.64. The van der Waals surface area contributed by atoms with Gasteiger partial charge >= 0.3 is 0 Å². The third kappa shape index (κ3) is 7.18. The highest BCUT2D eigenvalue weighted by Crippen LogP contribution is 2.27. The van der Waals surface area contributed by atoms with E-state index in [1.165, 1.54) is 23.1 Å². The van der Waals surface area contributed by atoms with E-state index in [0.29, 0.717) is 16.3 Å². The first-order valence-electron chi connectivity index (χ1n) is 9.40. The summed E-state index contributed by atoms with van der Waals surface area (Å²) in [6.45, 7) is 7.00. The topological polar surface area (TPSA) is 58.6 Å². The van der Waals surface area contributed by atoms with Crippen LogP contribution < -0.4 is 10.1 Å². The van der Waals surface area contributed by atoms with Gasteiger partial charge in [-0.15, -0.1) is 0 Å². The Bertz CT molecular complexity index is 898. The average molecular weight is 455 g/mol. The molecule has 0 aliphatic heterocycles. The minimum Gasteiger partial charge on any atom is -0.482 e. The summed E-state index contributed by atoms with van der Waals surface area (Å²) in [5.41, 5.74) is 0.230. The SMILES string of the molecule is C[C@H](C(=O)NC(C)(C)C)N(Cc1ccc(F)cc1)C(=O)COc1ccc(Cl)cc1Cl. The van der Waals surface area contributed by atoms with Gasteiger partial charge in [0.2, 0.25) is 5.91 Å². The molecule has 8 heteroatoms. The van der Waals surface area contributed by atoms with Crippen molar-refractivity contribution in [2.45, 2.75) is 45.8 Å². The zero-order chi connectivity index (χ0) is 22.5. The molecule has 0 heterocycles. The minimum atomic E-state index is -0.772. The number of benzene rings is 2. The zero-order valence-corrected chi connectivity index (χ0v) is 18.9. The third-order valence-electron chi connectivity index (χ3n) is 4.18. The minimum absolute atomic E-state index is 0.121. The molecule has 0 fully saturated rings. The van der Waals surface area contributed by atoms with Gasteiger partial charge in [-0.05, 0) is 63.6 Å². The van der Waals surface area contributed by atoms with Crippen LogP contribution in [0.2, 0.25) is 10.0 Å². The quantitative estimate of drug-likeness (QED) is 0.650. The number of halogens is 3.